The molecule has 166 valence electrons. The standard InChI is InChI=1S/C26H26FNO4/c1-15-2-11-23-22(12-15)25(16-5-7-18(27)8-6-16)21(26(28-23)17-3-4-17)10-9-19(29)13-20(30)14-24(31)32/h2,5-12,17,19-20,29-30H,3-4,13-14H2,1H3,(H,31,32)/b10-9+/t19-,20-/m1/s1. The minimum atomic E-state index is -1.14. The fourth-order valence-corrected chi connectivity index (χ4v) is 4.02. The lowest BCUT2D eigenvalue weighted by atomic mass is 9.91. The van der Waals surface area contributed by atoms with Crippen LogP contribution < -0.4 is 0 Å². The van der Waals surface area contributed by atoms with Gasteiger partial charge in [0.25, 0.3) is 0 Å². The molecule has 0 aliphatic heterocycles. The molecule has 32 heavy (non-hydrogen) atoms. The number of benzene rings is 2. The summed E-state index contributed by atoms with van der Waals surface area (Å²) in [7, 11) is 0. The molecule has 3 N–H and O–H groups in total. The third-order valence-corrected chi connectivity index (χ3v) is 5.71. The van der Waals surface area contributed by atoms with E-state index in [0.717, 1.165) is 51.7 Å². The van der Waals surface area contributed by atoms with Gasteiger partial charge in [-0.1, -0.05) is 35.9 Å². The maximum absolute atomic E-state index is 13.6. The van der Waals surface area contributed by atoms with Crippen molar-refractivity contribution in [1.29, 1.82) is 0 Å². The SMILES string of the molecule is Cc1ccc2nc(C3CC3)c(/C=C/[C@@H](O)C[C@@H](O)CC(=O)O)c(-c3ccc(F)cc3)c2c1. The Morgan fingerprint density at radius 2 is 1.91 bits per heavy atom. The van der Waals surface area contributed by atoms with E-state index in [2.05, 4.69) is 6.07 Å². The first-order chi connectivity index (χ1) is 15.3. The van der Waals surface area contributed by atoms with Crippen molar-refractivity contribution in [3.8, 4) is 11.1 Å². The zero-order valence-electron chi connectivity index (χ0n) is 17.8. The quantitative estimate of drug-likeness (QED) is 0.472. The Bertz CT molecular complexity index is 1170. The molecule has 0 saturated heterocycles. The number of hydrogen-bond acceptors (Lipinski definition) is 4. The topological polar surface area (TPSA) is 90.7 Å². The van der Waals surface area contributed by atoms with Crippen LogP contribution in [0.2, 0.25) is 0 Å². The molecule has 4 rings (SSSR count). The van der Waals surface area contributed by atoms with Crippen LogP contribution in [-0.4, -0.2) is 38.5 Å². The lowest BCUT2D eigenvalue weighted by Crippen LogP contribution is -2.19. The summed E-state index contributed by atoms with van der Waals surface area (Å²) in [5.41, 5.74) is 5.53. The number of aliphatic carboxylic acids is 1. The van der Waals surface area contributed by atoms with Crippen LogP contribution in [0.5, 0.6) is 0 Å². The lowest BCUT2D eigenvalue weighted by molar-refractivity contribution is -0.139. The highest BCUT2D eigenvalue weighted by Crippen LogP contribution is 2.45. The van der Waals surface area contributed by atoms with Gasteiger partial charge in [-0.25, -0.2) is 4.39 Å². The van der Waals surface area contributed by atoms with Gasteiger partial charge in [0.2, 0.25) is 0 Å². The molecule has 0 radical (unpaired) electrons. The Hall–Kier alpha value is -3.09. The van der Waals surface area contributed by atoms with Gasteiger partial charge in [0, 0.05) is 28.9 Å². The van der Waals surface area contributed by atoms with Crippen LogP contribution >= 0.6 is 0 Å². The van der Waals surface area contributed by atoms with Crippen molar-refractivity contribution in [2.75, 3.05) is 0 Å². The number of aromatic nitrogens is 1. The number of carboxylic acids is 1. The zero-order valence-corrected chi connectivity index (χ0v) is 17.8. The Labute approximate surface area is 185 Å². The van der Waals surface area contributed by atoms with Crippen LogP contribution in [0.1, 0.15) is 48.4 Å². The summed E-state index contributed by atoms with van der Waals surface area (Å²) in [5, 5.41) is 30.0. The fraction of sp³-hybridized carbons (Fsp3) is 0.308. The third kappa shape index (κ3) is 5.03. The van der Waals surface area contributed by atoms with E-state index in [1.165, 1.54) is 12.1 Å². The van der Waals surface area contributed by atoms with Crippen LogP contribution in [0, 0.1) is 12.7 Å². The molecule has 0 amide bonds. The third-order valence-electron chi connectivity index (χ3n) is 5.71. The highest BCUT2D eigenvalue weighted by Gasteiger charge is 2.29. The lowest BCUT2D eigenvalue weighted by Gasteiger charge is -2.17. The molecule has 1 aliphatic carbocycles. The van der Waals surface area contributed by atoms with E-state index in [-0.39, 0.29) is 12.2 Å². The first kappa shape index (κ1) is 22.1. The van der Waals surface area contributed by atoms with Gasteiger partial charge in [-0.3, -0.25) is 9.78 Å². The van der Waals surface area contributed by atoms with Gasteiger partial charge in [-0.15, -0.1) is 0 Å². The number of fused-ring (bicyclic) bond motifs is 1. The van der Waals surface area contributed by atoms with E-state index in [1.807, 2.05) is 19.1 Å². The van der Waals surface area contributed by atoms with E-state index >= 15 is 0 Å². The molecule has 0 spiro atoms. The second-order valence-corrected chi connectivity index (χ2v) is 8.50. The Morgan fingerprint density at radius 1 is 1.19 bits per heavy atom. The molecule has 1 saturated carbocycles. The molecule has 0 unspecified atom stereocenters. The Morgan fingerprint density at radius 3 is 2.56 bits per heavy atom. The summed E-state index contributed by atoms with van der Waals surface area (Å²) in [4.78, 5) is 15.7. The summed E-state index contributed by atoms with van der Waals surface area (Å²) in [6, 6.07) is 12.4. The van der Waals surface area contributed by atoms with Gasteiger partial charge in [-0.2, -0.15) is 0 Å². The van der Waals surface area contributed by atoms with Crippen molar-refractivity contribution in [3.05, 3.63) is 71.2 Å². The molecule has 5 nitrogen and oxygen atoms in total. The van der Waals surface area contributed by atoms with Crippen LogP contribution in [0.25, 0.3) is 28.1 Å². The Kier molecular flexibility index (Phi) is 6.35. The smallest absolute Gasteiger partial charge is 0.305 e. The molecule has 1 aromatic heterocycles. The van der Waals surface area contributed by atoms with Gasteiger partial charge in [0.15, 0.2) is 0 Å². The summed E-state index contributed by atoms with van der Waals surface area (Å²) >= 11 is 0. The van der Waals surface area contributed by atoms with E-state index in [1.54, 1.807) is 24.3 Å². The van der Waals surface area contributed by atoms with E-state index in [4.69, 9.17) is 10.1 Å². The number of nitrogens with zero attached hydrogens (tertiary/aromatic N) is 1. The van der Waals surface area contributed by atoms with Gasteiger partial charge in [0.1, 0.15) is 5.82 Å². The van der Waals surface area contributed by atoms with Crippen molar-refractivity contribution in [2.45, 2.75) is 50.7 Å². The predicted octanol–water partition coefficient (Wildman–Crippen LogP) is 4.83. The highest BCUT2D eigenvalue weighted by atomic mass is 19.1. The van der Waals surface area contributed by atoms with Crippen molar-refractivity contribution in [2.24, 2.45) is 0 Å². The summed E-state index contributed by atoms with van der Waals surface area (Å²) in [5.74, 6) is -1.10. The van der Waals surface area contributed by atoms with Crippen molar-refractivity contribution >= 4 is 22.9 Å². The van der Waals surface area contributed by atoms with E-state index < -0.39 is 24.6 Å². The van der Waals surface area contributed by atoms with Crippen LogP contribution in [-0.2, 0) is 4.79 Å². The number of carboxylic acid groups (broad SMARTS) is 1. The van der Waals surface area contributed by atoms with Crippen molar-refractivity contribution in [1.82, 2.24) is 4.98 Å². The van der Waals surface area contributed by atoms with Crippen LogP contribution in [0.3, 0.4) is 0 Å². The van der Waals surface area contributed by atoms with E-state index in [0.29, 0.717) is 5.92 Å². The number of pyridine rings is 1. The average Bonchev–Trinajstić information content (AvgIpc) is 3.56. The number of rotatable bonds is 8. The van der Waals surface area contributed by atoms with Crippen molar-refractivity contribution in [3.63, 3.8) is 0 Å². The molecule has 3 aromatic rings. The van der Waals surface area contributed by atoms with Gasteiger partial charge < -0.3 is 15.3 Å². The second-order valence-electron chi connectivity index (χ2n) is 8.50. The number of aryl methyl sites for hydroxylation is 1. The number of hydrogen-bond donors (Lipinski definition) is 3. The van der Waals surface area contributed by atoms with Crippen LogP contribution in [0.4, 0.5) is 4.39 Å². The molecule has 0 bridgehead atoms. The molecule has 1 aliphatic rings. The number of aliphatic hydroxyl groups excluding tert-OH is 2. The minimum absolute atomic E-state index is 0.0758. The monoisotopic (exact) mass is 435 g/mol. The average molecular weight is 435 g/mol. The largest absolute Gasteiger partial charge is 0.481 e. The van der Waals surface area contributed by atoms with Crippen LogP contribution in [0.15, 0.2) is 48.5 Å². The van der Waals surface area contributed by atoms with Crippen molar-refractivity contribution < 1.29 is 24.5 Å². The number of halogens is 1. The number of aliphatic hydroxyl groups is 2. The molecule has 6 heteroatoms. The predicted molar refractivity (Wildman–Crippen MR) is 122 cm³/mol. The zero-order chi connectivity index (χ0) is 22.8. The molecular weight excluding hydrogens is 409 g/mol. The first-order valence-corrected chi connectivity index (χ1v) is 10.8. The van der Waals surface area contributed by atoms with Gasteiger partial charge in [0.05, 0.1) is 29.8 Å². The maximum atomic E-state index is 13.6. The van der Waals surface area contributed by atoms with E-state index in [9.17, 15) is 19.4 Å². The Balaban J connectivity index is 1.82. The molecule has 1 fully saturated rings. The summed E-state index contributed by atoms with van der Waals surface area (Å²) in [6.45, 7) is 2.01. The molecule has 1 heterocycles. The van der Waals surface area contributed by atoms with Gasteiger partial charge in [-0.05, 0) is 49.6 Å². The highest BCUT2D eigenvalue weighted by molar-refractivity contribution is 5.99. The summed E-state index contributed by atoms with van der Waals surface area (Å²) < 4.78 is 13.6. The minimum Gasteiger partial charge on any atom is -0.481 e. The van der Waals surface area contributed by atoms with Gasteiger partial charge >= 0.3 is 5.97 Å². The maximum Gasteiger partial charge on any atom is 0.305 e. The number of carbonyl (C=O) groups is 1. The molecule has 2 aromatic carbocycles. The second kappa shape index (κ2) is 9.18. The molecule has 2 atom stereocenters. The summed E-state index contributed by atoms with van der Waals surface area (Å²) in [6.07, 6.45) is 2.81. The first-order valence-electron chi connectivity index (χ1n) is 10.8. The molecular formula is C26H26FNO4. The normalized spacial score (nSPS) is 15.9. The fourth-order valence-electron chi connectivity index (χ4n) is 4.02.